The predicted octanol–water partition coefficient (Wildman–Crippen LogP) is 12.7. The zero-order valence-electron chi connectivity index (χ0n) is 40.2. The van der Waals surface area contributed by atoms with Crippen LogP contribution in [0.1, 0.15) is 163 Å². The van der Waals surface area contributed by atoms with Crippen molar-refractivity contribution in [1.29, 1.82) is 0 Å². The smallest absolute Gasteiger partial charge is 0.331 e. The Morgan fingerprint density at radius 3 is 1.24 bits per heavy atom. The Hall–Kier alpha value is -3.78. The second-order valence-corrected chi connectivity index (χ2v) is 19.8. The average molecular weight is 819 g/mol. The summed E-state index contributed by atoms with van der Waals surface area (Å²) < 4.78 is 5.40. The summed E-state index contributed by atoms with van der Waals surface area (Å²) in [6.45, 7) is 34.5. The highest BCUT2D eigenvalue weighted by atomic mass is 16.6. The van der Waals surface area contributed by atoms with Gasteiger partial charge in [0.1, 0.15) is 5.60 Å². The van der Waals surface area contributed by atoms with Gasteiger partial charge in [-0.3, -0.25) is 0 Å². The van der Waals surface area contributed by atoms with Crippen molar-refractivity contribution < 1.29 is 34.8 Å². The van der Waals surface area contributed by atoms with Crippen molar-refractivity contribution in [3.8, 4) is 0 Å². The number of hydrogen-bond acceptors (Lipinski definition) is 6. The number of rotatable bonds is 13. The molecule has 4 N–H and O–H groups in total. The normalized spacial score (nSPS) is 19.0. The lowest BCUT2D eigenvalue weighted by molar-refractivity contribution is -0.175. The molecule has 332 valence electrons. The fourth-order valence-electron chi connectivity index (χ4n) is 6.15. The Labute approximate surface area is 359 Å². The molecule has 7 heteroatoms. The highest BCUT2D eigenvalue weighted by Gasteiger charge is 2.38. The second kappa shape index (κ2) is 23.3. The lowest BCUT2D eigenvalue weighted by Gasteiger charge is -2.36. The SMILES string of the molecule is CC(C)(O)C(C)(C)O.CC1=C(/C=C/C(C)=C/C=C/C(C)=C/C(=O)O)C(C)(C)CCC1.CC1=C(/C=C/C(C)=C/C=C/C(C)=C/C(=O)OC(C)(C)C(C)(C)O)C(C)(C)CCC1. The first-order valence-electron chi connectivity index (χ1n) is 21.1. The molecule has 0 radical (unpaired) electrons. The maximum Gasteiger partial charge on any atom is 0.331 e. The Bertz CT molecular complexity index is 1720. The number of hydrogen-bond donors (Lipinski definition) is 4. The number of carboxylic acid groups (broad SMARTS) is 1. The first-order valence-corrected chi connectivity index (χ1v) is 21.1. The highest BCUT2D eigenvalue weighted by molar-refractivity contribution is 5.83. The Morgan fingerprint density at radius 2 is 0.932 bits per heavy atom. The Kier molecular flexibility index (Phi) is 21.8. The minimum Gasteiger partial charge on any atom is -0.478 e. The van der Waals surface area contributed by atoms with Crippen molar-refractivity contribution in [2.45, 2.75) is 186 Å². The molecule has 0 aromatic rings. The maximum absolute atomic E-state index is 12.1. The van der Waals surface area contributed by atoms with E-state index in [0.29, 0.717) is 0 Å². The van der Waals surface area contributed by atoms with Crippen LogP contribution in [0.15, 0.2) is 117 Å². The van der Waals surface area contributed by atoms with Gasteiger partial charge in [-0.1, -0.05) is 111 Å². The molecular formula is C52H82O7. The van der Waals surface area contributed by atoms with Crippen LogP contribution in [0.5, 0.6) is 0 Å². The largest absolute Gasteiger partial charge is 0.478 e. The van der Waals surface area contributed by atoms with E-state index < -0.39 is 34.3 Å². The Morgan fingerprint density at radius 1 is 0.576 bits per heavy atom. The minimum atomic E-state index is -1.12. The van der Waals surface area contributed by atoms with E-state index in [0.717, 1.165) is 22.3 Å². The molecule has 0 amide bonds. The summed E-state index contributed by atoms with van der Waals surface area (Å²) in [7, 11) is 0. The van der Waals surface area contributed by atoms with Crippen LogP contribution in [0.2, 0.25) is 0 Å². The second-order valence-electron chi connectivity index (χ2n) is 19.8. The van der Waals surface area contributed by atoms with Crippen LogP contribution in [0.25, 0.3) is 0 Å². The first-order chi connectivity index (χ1) is 26.6. The molecule has 0 heterocycles. The van der Waals surface area contributed by atoms with Gasteiger partial charge in [0.25, 0.3) is 0 Å². The van der Waals surface area contributed by atoms with Gasteiger partial charge in [0.05, 0.1) is 16.8 Å². The summed E-state index contributed by atoms with van der Waals surface area (Å²) in [6, 6.07) is 0. The Balaban J connectivity index is 0.000000985. The summed E-state index contributed by atoms with van der Waals surface area (Å²) in [6.07, 6.45) is 30.4. The summed E-state index contributed by atoms with van der Waals surface area (Å²) in [5.41, 5.74) is 6.13. The van der Waals surface area contributed by atoms with Gasteiger partial charge in [-0.25, -0.2) is 9.59 Å². The predicted molar refractivity (Wildman–Crippen MR) is 249 cm³/mol. The molecule has 2 aliphatic carbocycles. The van der Waals surface area contributed by atoms with E-state index in [1.807, 2.05) is 37.3 Å². The third kappa shape index (κ3) is 21.3. The minimum absolute atomic E-state index is 0.242. The number of esters is 1. The van der Waals surface area contributed by atoms with Gasteiger partial charge in [-0.05, 0) is 169 Å². The number of aliphatic hydroxyl groups is 3. The zero-order valence-corrected chi connectivity index (χ0v) is 40.2. The van der Waals surface area contributed by atoms with Gasteiger partial charge < -0.3 is 25.2 Å². The van der Waals surface area contributed by atoms with Gasteiger partial charge in [0, 0.05) is 12.2 Å². The van der Waals surface area contributed by atoms with Gasteiger partial charge in [0.2, 0.25) is 0 Å². The molecule has 2 aliphatic rings. The van der Waals surface area contributed by atoms with Crippen molar-refractivity contribution in [1.82, 2.24) is 0 Å². The van der Waals surface area contributed by atoms with Crippen LogP contribution in [0, 0.1) is 10.8 Å². The van der Waals surface area contributed by atoms with E-state index in [-0.39, 0.29) is 10.8 Å². The topological polar surface area (TPSA) is 124 Å². The van der Waals surface area contributed by atoms with Gasteiger partial charge in [-0.2, -0.15) is 0 Å². The fourth-order valence-corrected chi connectivity index (χ4v) is 6.15. The first kappa shape index (κ1) is 55.2. The quantitative estimate of drug-likeness (QED) is 0.0828. The number of aliphatic carboxylic acids is 1. The summed E-state index contributed by atoms with van der Waals surface area (Å²) in [5, 5.41) is 37.0. The van der Waals surface area contributed by atoms with Crippen LogP contribution >= 0.6 is 0 Å². The van der Waals surface area contributed by atoms with Crippen LogP contribution < -0.4 is 0 Å². The molecular weight excluding hydrogens is 737 g/mol. The zero-order chi connectivity index (χ0) is 46.2. The number of allylic oxidation sites excluding steroid dienone is 18. The van der Waals surface area contributed by atoms with Crippen LogP contribution in [0.4, 0.5) is 0 Å². The van der Waals surface area contributed by atoms with Gasteiger partial charge in [0.15, 0.2) is 0 Å². The molecule has 2 rings (SSSR count). The summed E-state index contributed by atoms with van der Waals surface area (Å²) >= 11 is 0. The standard InChI is InChI=1S/C26H40O3.C20H28O2.C6H14O2/c1-19(15-16-22-21(3)14-11-17-24(22,4)5)12-10-13-20(2)18-23(27)29-26(8,9)25(6,7)28;1-15(8-6-9-16(2)14-19(21)22)11-12-18-17(3)10-7-13-20(18,4)5;1-5(2,7)6(3,4)8/h10,12-13,15-16,18,28H,11,14,17H2,1-9H3;6,8-9,11-12,14H,7,10,13H2,1-5H3,(H,21,22);7-8H,1-4H3/b13-10+,16-15+,19-12+,20-18+;9-6+,12-11+,15-8+,16-14+;. The summed E-state index contributed by atoms with van der Waals surface area (Å²) in [4.78, 5) is 22.6. The molecule has 59 heavy (non-hydrogen) atoms. The lowest BCUT2D eigenvalue weighted by Crippen LogP contribution is -2.48. The average Bonchev–Trinajstić information content (AvgIpc) is 3.02. The summed E-state index contributed by atoms with van der Waals surface area (Å²) in [5.74, 6) is -1.37. The van der Waals surface area contributed by atoms with Gasteiger partial charge in [-0.15, -0.1) is 0 Å². The fraction of sp³-hybridized carbons (Fsp3) is 0.577. The monoisotopic (exact) mass is 819 g/mol. The molecule has 0 saturated carbocycles. The molecule has 0 aromatic heterocycles. The van der Waals surface area contributed by atoms with Gasteiger partial charge >= 0.3 is 11.9 Å². The molecule has 0 fully saturated rings. The van der Waals surface area contributed by atoms with Crippen molar-refractivity contribution in [3.05, 3.63) is 117 Å². The molecule has 0 spiro atoms. The van der Waals surface area contributed by atoms with Crippen LogP contribution in [-0.4, -0.2) is 54.8 Å². The van der Waals surface area contributed by atoms with E-state index in [1.165, 1.54) is 73.0 Å². The molecule has 0 aliphatic heterocycles. The third-order valence-corrected chi connectivity index (χ3v) is 11.6. The van der Waals surface area contributed by atoms with Crippen LogP contribution in [0.3, 0.4) is 0 Å². The number of ether oxygens (including phenoxy) is 1. The molecule has 0 unspecified atom stereocenters. The number of carbonyl (C=O) groups excluding carboxylic acids is 1. The van der Waals surface area contributed by atoms with E-state index in [1.54, 1.807) is 68.4 Å². The molecule has 7 nitrogen and oxygen atoms in total. The van der Waals surface area contributed by atoms with Crippen molar-refractivity contribution >= 4 is 11.9 Å². The number of carboxylic acids is 1. The lowest BCUT2D eigenvalue weighted by atomic mass is 9.72. The van der Waals surface area contributed by atoms with Crippen molar-refractivity contribution in [2.24, 2.45) is 10.8 Å². The van der Waals surface area contributed by atoms with Crippen molar-refractivity contribution in [3.63, 3.8) is 0 Å². The van der Waals surface area contributed by atoms with E-state index >= 15 is 0 Å². The van der Waals surface area contributed by atoms with E-state index in [9.17, 15) is 14.7 Å². The molecule has 0 aromatic carbocycles. The highest BCUT2D eigenvalue weighted by Crippen LogP contribution is 2.42. The van der Waals surface area contributed by atoms with E-state index in [2.05, 4.69) is 79.7 Å². The molecule has 0 atom stereocenters. The van der Waals surface area contributed by atoms with Crippen molar-refractivity contribution in [2.75, 3.05) is 0 Å². The maximum atomic E-state index is 12.1. The van der Waals surface area contributed by atoms with E-state index in [4.69, 9.17) is 20.1 Å². The van der Waals surface area contributed by atoms with Crippen LogP contribution in [-0.2, 0) is 14.3 Å². The molecule has 0 bridgehead atoms. The number of carbonyl (C=O) groups is 2. The molecule has 0 saturated heterocycles. The third-order valence-electron chi connectivity index (χ3n) is 11.6.